The molecule has 2 aromatic heterocycles. The van der Waals surface area contributed by atoms with Gasteiger partial charge in [0.05, 0.1) is 22.1 Å². The van der Waals surface area contributed by atoms with Gasteiger partial charge in [0.1, 0.15) is 0 Å². The van der Waals surface area contributed by atoms with Crippen LogP contribution in [0.4, 0.5) is 0 Å². The molecule has 11 aromatic rings. The molecule has 328 valence electrons. The third kappa shape index (κ3) is 5.58. The summed E-state index contributed by atoms with van der Waals surface area (Å²) in [6.07, 6.45) is 0. The Morgan fingerprint density at radius 2 is 0.791 bits per heavy atom. The van der Waals surface area contributed by atoms with Gasteiger partial charge >= 0.3 is 0 Å². The SMILES string of the molecule is CC(C)(C)c1cc(C(C)(C)C)c2c3c4ccccc4cc4c3n(c2c1)-c1cc(-c2ccc3ccccc3c2)cc2c1B4c1cc3ccccc3c3c4c(C(C)(C)C)cc(C(C)(C)C)cc4n-2c13. The molecule has 3 heteroatoms. The first-order chi connectivity index (χ1) is 31.8. The Bertz CT molecular complexity index is 3790. The van der Waals surface area contributed by atoms with Crippen LogP contribution < -0.4 is 16.4 Å². The van der Waals surface area contributed by atoms with Crippen molar-refractivity contribution in [3.05, 3.63) is 162 Å². The average Bonchev–Trinajstić information content (AvgIpc) is 3.82. The summed E-state index contributed by atoms with van der Waals surface area (Å²) < 4.78 is 5.46. The standard InChI is InChI=1S/C64H59BN2/c1-61(2,3)42-32-46(63(7,8)9)56-50(34-42)66-52-30-41(38-26-25-36-19-13-14-20-37(36)27-38)31-53-58(52)65(48-28-39-21-15-17-23-44(39)54(56)59(48)66)49-29-40-22-16-18-24-45(40)55-57-47(64(10,11)12)33-43(62(4,5)6)35-51(57)67(53)60(49)55/h13-35H,1-12H3. The fraction of sp³-hybridized carbons (Fsp3) is 0.250. The third-order valence-corrected chi connectivity index (χ3v) is 15.7. The minimum Gasteiger partial charge on any atom is -0.310 e. The number of benzene rings is 9. The highest BCUT2D eigenvalue weighted by Crippen LogP contribution is 2.49. The summed E-state index contributed by atoms with van der Waals surface area (Å²) in [6, 6.07) is 54.7. The molecule has 0 aliphatic carbocycles. The quantitative estimate of drug-likeness (QED) is 0.146. The van der Waals surface area contributed by atoms with E-state index in [1.54, 1.807) is 0 Å². The van der Waals surface area contributed by atoms with E-state index < -0.39 is 0 Å². The molecule has 0 bridgehead atoms. The minimum absolute atomic E-state index is 0.00355. The molecule has 0 radical (unpaired) electrons. The highest BCUT2D eigenvalue weighted by molar-refractivity contribution is 7.00. The van der Waals surface area contributed by atoms with Crippen LogP contribution in [0.1, 0.15) is 105 Å². The molecular formula is C64H59BN2. The van der Waals surface area contributed by atoms with E-state index in [0.717, 1.165) is 0 Å². The molecule has 4 heterocycles. The summed E-state index contributed by atoms with van der Waals surface area (Å²) in [4.78, 5) is 0. The van der Waals surface area contributed by atoms with Gasteiger partial charge in [0.25, 0.3) is 6.71 Å². The normalized spacial score (nSPS) is 13.9. The lowest BCUT2D eigenvalue weighted by molar-refractivity contribution is 0.572. The zero-order valence-corrected chi connectivity index (χ0v) is 41.3. The van der Waals surface area contributed by atoms with Gasteiger partial charge in [-0.15, -0.1) is 0 Å². The van der Waals surface area contributed by atoms with E-state index in [9.17, 15) is 0 Å². The Labute approximate surface area is 395 Å². The fourth-order valence-corrected chi connectivity index (χ4v) is 12.4. The Balaban J connectivity index is 1.32. The van der Waals surface area contributed by atoms with Gasteiger partial charge < -0.3 is 9.13 Å². The van der Waals surface area contributed by atoms with Crippen LogP contribution >= 0.6 is 0 Å². The molecule has 0 N–H and O–H groups in total. The van der Waals surface area contributed by atoms with Crippen molar-refractivity contribution in [2.75, 3.05) is 0 Å². The molecule has 2 aliphatic heterocycles. The lowest BCUT2D eigenvalue weighted by Gasteiger charge is -2.35. The first-order valence-electron chi connectivity index (χ1n) is 24.5. The zero-order chi connectivity index (χ0) is 46.4. The number of hydrogen-bond acceptors (Lipinski definition) is 0. The predicted octanol–water partition coefficient (Wildman–Crippen LogP) is 15.3. The molecule has 9 aromatic carbocycles. The number of fused-ring (bicyclic) bond motifs is 15. The number of aromatic nitrogens is 2. The summed E-state index contributed by atoms with van der Waals surface area (Å²) >= 11 is 0. The second-order valence-corrected chi connectivity index (χ2v) is 24.3. The van der Waals surface area contributed by atoms with Crippen molar-refractivity contribution in [1.82, 2.24) is 9.13 Å². The van der Waals surface area contributed by atoms with Crippen LogP contribution in [-0.4, -0.2) is 15.8 Å². The molecule has 13 rings (SSSR count). The Hall–Kier alpha value is -6.58. The maximum Gasteiger partial charge on any atom is 0.252 e. The molecule has 0 spiro atoms. The molecule has 67 heavy (non-hydrogen) atoms. The average molecular weight is 867 g/mol. The van der Waals surface area contributed by atoms with Gasteiger partial charge in [-0.3, -0.25) is 0 Å². The molecule has 0 saturated carbocycles. The first kappa shape index (κ1) is 40.7. The monoisotopic (exact) mass is 866 g/mol. The second-order valence-electron chi connectivity index (χ2n) is 24.3. The van der Waals surface area contributed by atoms with Gasteiger partial charge in [0, 0.05) is 32.9 Å². The van der Waals surface area contributed by atoms with Crippen LogP contribution in [0.5, 0.6) is 0 Å². The van der Waals surface area contributed by atoms with E-state index >= 15 is 0 Å². The van der Waals surface area contributed by atoms with Gasteiger partial charge in [-0.25, -0.2) is 0 Å². The van der Waals surface area contributed by atoms with Crippen molar-refractivity contribution >= 4 is 99.0 Å². The van der Waals surface area contributed by atoms with Crippen LogP contribution in [0.15, 0.2) is 140 Å². The van der Waals surface area contributed by atoms with Crippen LogP contribution in [0.2, 0.25) is 0 Å². The van der Waals surface area contributed by atoms with E-state index in [0.29, 0.717) is 0 Å². The summed E-state index contributed by atoms with van der Waals surface area (Å²) in [5.74, 6) is 0. The highest BCUT2D eigenvalue weighted by Gasteiger charge is 2.43. The first-order valence-corrected chi connectivity index (χ1v) is 24.5. The molecule has 0 atom stereocenters. The maximum absolute atomic E-state index is 2.73. The predicted molar refractivity (Wildman–Crippen MR) is 293 cm³/mol. The van der Waals surface area contributed by atoms with Gasteiger partial charge in [-0.1, -0.05) is 192 Å². The van der Waals surface area contributed by atoms with Crippen molar-refractivity contribution in [2.24, 2.45) is 0 Å². The number of hydrogen-bond donors (Lipinski definition) is 0. The Morgan fingerprint density at radius 1 is 0.358 bits per heavy atom. The van der Waals surface area contributed by atoms with Crippen molar-refractivity contribution in [3.8, 4) is 22.5 Å². The largest absolute Gasteiger partial charge is 0.310 e. The lowest BCUT2D eigenvalue weighted by atomic mass is 9.34. The van der Waals surface area contributed by atoms with Crippen molar-refractivity contribution in [1.29, 1.82) is 0 Å². The topological polar surface area (TPSA) is 9.86 Å². The van der Waals surface area contributed by atoms with Gasteiger partial charge in [-0.2, -0.15) is 0 Å². The van der Waals surface area contributed by atoms with Crippen molar-refractivity contribution < 1.29 is 0 Å². The van der Waals surface area contributed by atoms with Gasteiger partial charge in [0.15, 0.2) is 0 Å². The second kappa shape index (κ2) is 13.1. The molecule has 0 saturated heterocycles. The molecular weight excluding hydrogens is 808 g/mol. The van der Waals surface area contributed by atoms with E-state index in [1.807, 2.05) is 0 Å². The number of nitrogens with zero attached hydrogens (tertiary/aromatic N) is 2. The Morgan fingerprint density at radius 3 is 1.24 bits per heavy atom. The minimum atomic E-state index is -0.102. The lowest BCUT2D eigenvalue weighted by Crippen LogP contribution is -2.59. The summed E-state index contributed by atoms with van der Waals surface area (Å²) in [5, 5.41) is 13.3. The van der Waals surface area contributed by atoms with Crippen LogP contribution in [-0.2, 0) is 21.7 Å². The summed E-state index contributed by atoms with van der Waals surface area (Å²) in [6.45, 7) is 28.7. The van der Waals surface area contributed by atoms with Crippen LogP contribution in [0.25, 0.3) is 98.4 Å². The molecule has 0 unspecified atom stereocenters. The van der Waals surface area contributed by atoms with E-state index in [2.05, 4.69) is 232 Å². The van der Waals surface area contributed by atoms with Crippen molar-refractivity contribution in [3.63, 3.8) is 0 Å². The van der Waals surface area contributed by atoms with Crippen LogP contribution in [0, 0.1) is 0 Å². The van der Waals surface area contributed by atoms with Crippen molar-refractivity contribution in [2.45, 2.75) is 105 Å². The van der Waals surface area contributed by atoms with E-state index in [-0.39, 0.29) is 28.4 Å². The molecule has 2 nitrogen and oxygen atoms in total. The molecule has 0 amide bonds. The van der Waals surface area contributed by atoms with E-state index in [1.165, 1.54) is 137 Å². The zero-order valence-electron chi connectivity index (χ0n) is 41.3. The van der Waals surface area contributed by atoms with Gasteiger partial charge in [0.2, 0.25) is 0 Å². The van der Waals surface area contributed by atoms with Crippen LogP contribution in [0.3, 0.4) is 0 Å². The fourth-order valence-electron chi connectivity index (χ4n) is 12.4. The van der Waals surface area contributed by atoms with Gasteiger partial charge in [-0.05, 0) is 134 Å². The smallest absolute Gasteiger partial charge is 0.252 e. The highest BCUT2D eigenvalue weighted by atomic mass is 15.0. The number of rotatable bonds is 1. The molecule has 0 fully saturated rings. The summed E-state index contributed by atoms with van der Waals surface area (Å²) in [5.41, 5.74) is 19.8. The summed E-state index contributed by atoms with van der Waals surface area (Å²) in [7, 11) is 0. The molecule has 2 aliphatic rings. The third-order valence-electron chi connectivity index (χ3n) is 15.7. The maximum atomic E-state index is 2.73. The Kier molecular flexibility index (Phi) is 7.96. The van der Waals surface area contributed by atoms with E-state index in [4.69, 9.17) is 0 Å².